The fourth-order valence-corrected chi connectivity index (χ4v) is 3.14. The lowest BCUT2D eigenvalue weighted by Crippen LogP contribution is -2.44. The summed E-state index contributed by atoms with van der Waals surface area (Å²) in [6.45, 7) is -0.102. The van der Waals surface area contributed by atoms with E-state index in [4.69, 9.17) is 10.8 Å². The van der Waals surface area contributed by atoms with Crippen molar-refractivity contribution in [1.29, 1.82) is 0 Å². The van der Waals surface area contributed by atoms with Crippen LogP contribution in [0.2, 0.25) is 0 Å². The van der Waals surface area contributed by atoms with Crippen molar-refractivity contribution in [1.82, 2.24) is 0 Å². The van der Waals surface area contributed by atoms with Gasteiger partial charge in [0.15, 0.2) is 0 Å². The van der Waals surface area contributed by atoms with Gasteiger partial charge >= 0.3 is 0 Å². The SMILES string of the molecule is N[C@H](CO)[C@@H](O)[C@@H]1C[C@H]2CC[C@H]1C2. The highest BCUT2D eigenvalue weighted by Crippen LogP contribution is 2.49. The normalized spacial score (nSPS) is 42.2. The smallest absolute Gasteiger partial charge is 0.0744 e. The molecule has 2 aliphatic rings. The van der Waals surface area contributed by atoms with Gasteiger partial charge in [0.1, 0.15) is 0 Å². The Morgan fingerprint density at radius 1 is 1.31 bits per heavy atom. The molecule has 0 radical (unpaired) electrons. The van der Waals surface area contributed by atoms with Crippen LogP contribution in [0.25, 0.3) is 0 Å². The molecule has 2 saturated carbocycles. The van der Waals surface area contributed by atoms with Gasteiger partial charge in [-0.15, -0.1) is 0 Å². The lowest BCUT2D eigenvalue weighted by atomic mass is 9.82. The Bertz CT molecular complexity index is 186. The second-order valence-corrected chi connectivity index (χ2v) is 4.68. The number of nitrogens with two attached hydrogens (primary N) is 1. The van der Waals surface area contributed by atoms with E-state index in [0.29, 0.717) is 11.8 Å². The largest absolute Gasteiger partial charge is 0.395 e. The van der Waals surface area contributed by atoms with Crippen molar-refractivity contribution in [2.45, 2.75) is 37.8 Å². The monoisotopic (exact) mass is 185 g/mol. The topological polar surface area (TPSA) is 66.5 Å². The molecule has 0 unspecified atom stereocenters. The van der Waals surface area contributed by atoms with Crippen LogP contribution < -0.4 is 5.73 Å². The highest BCUT2D eigenvalue weighted by molar-refractivity contribution is 4.95. The molecular formula is C10H19NO2. The molecule has 3 nitrogen and oxygen atoms in total. The molecule has 2 bridgehead atoms. The van der Waals surface area contributed by atoms with E-state index in [9.17, 15) is 5.11 Å². The van der Waals surface area contributed by atoms with Gasteiger partial charge in [0.05, 0.1) is 18.8 Å². The minimum atomic E-state index is -0.486. The first-order chi connectivity index (χ1) is 6.22. The maximum Gasteiger partial charge on any atom is 0.0744 e. The second-order valence-electron chi connectivity index (χ2n) is 4.68. The summed E-state index contributed by atoms with van der Waals surface area (Å²) < 4.78 is 0. The lowest BCUT2D eigenvalue weighted by molar-refractivity contribution is 0.0350. The summed E-state index contributed by atoms with van der Waals surface area (Å²) in [5.41, 5.74) is 5.63. The highest BCUT2D eigenvalue weighted by Gasteiger charge is 2.43. The molecule has 2 aliphatic carbocycles. The van der Waals surface area contributed by atoms with Gasteiger partial charge in [0.2, 0.25) is 0 Å². The lowest BCUT2D eigenvalue weighted by Gasteiger charge is -2.29. The fourth-order valence-electron chi connectivity index (χ4n) is 3.14. The highest BCUT2D eigenvalue weighted by atomic mass is 16.3. The number of fused-ring (bicyclic) bond motifs is 2. The van der Waals surface area contributed by atoms with Crippen molar-refractivity contribution < 1.29 is 10.2 Å². The van der Waals surface area contributed by atoms with Gasteiger partial charge in [0.25, 0.3) is 0 Å². The molecule has 5 atom stereocenters. The molecule has 4 N–H and O–H groups in total. The van der Waals surface area contributed by atoms with Crippen LogP contribution in [-0.4, -0.2) is 29.0 Å². The summed E-state index contributed by atoms with van der Waals surface area (Å²) in [4.78, 5) is 0. The van der Waals surface area contributed by atoms with E-state index in [-0.39, 0.29) is 6.61 Å². The predicted molar refractivity (Wildman–Crippen MR) is 50.0 cm³/mol. The van der Waals surface area contributed by atoms with E-state index in [1.165, 1.54) is 19.3 Å². The van der Waals surface area contributed by atoms with Crippen LogP contribution in [0.4, 0.5) is 0 Å². The van der Waals surface area contributed by atoms with E-state index in [1.54, 1.807) is 0 Å². The summed E-state index contributed by atoms with van der Waals surface area (Å²) in [6.07, 6.45) is 4.51. The predicted octanol–water partition coefficient (Wildman–Crippen LogP) is 0.103. The average molecular weight is 185 g/mol. The molecular weight excluding hydrogens is 166 g/mol. The van der Waals surface area contributed by atoms with Crippen LogP contribution in [0, 0.1) is 17.8 Å². The Hall–Kier alpha value is -0.120. The van der Waals surface area contributed by atoms with Gasteiger partial charge in [-0.3, -0.25) is 0 Å². The summed E-state index contributed by atoms with van der Waals surface area (Å²) in [5, 5.41) is 18.7. The van der Waals surface area contributed by atoms with Gasteiger partial charge < -0.3 is 15.9 Å². The quantitative estimate of drug-likeness (QED) is 0.584. The molecule has 76 valence electrons. The standard InChI is InChI=1S/C10H19NO2/c11-9(5-12)10(13)8-4-6-1-2-7(8)3-6/h6-10,12-13H,1-5,11H2/t6-,7-,8+,9+,10-/m0/s1. The minimum Gasteiger partial charge on any atom is -0.395 e. The van der Waals surface area contributed by atoms with E-state index < -0.39 is 12.1 Å². The maximum absolute atomic E-state index is 9.85. The Labute approximate surface area is 78.9 Å². The van der Waals surface area contributed by atoms with Gasteiger partial charge in [0, 0.05) is 0 Å². The molecule has 0 aromatic carbocycles. The van der Waals surface area contributed by atoms with Crippen LogP contribution in [0.1, 0.15) is 25.7 Å². The molecule has 0 spiro atoms. The number of rotatable bonds is 3. The Morgan fingerprint density at radius 2 is 2.08 bits per heavy atom. The number of aliphatic hydroxyl groups is 2. The van der Waals surface area contributed by atoms with Crippen LogP contribution >= 0.6 is 0 Å². The van der Waals surface area contributed by atoms with Crippen LogP contribution in [0.3, 0.4) is 0 Å². The van der Waals surface area contributed by atoms with Crippen molar-refractivity contribution >= 4 is 0 Å². The molecule has 0 saturated heterocycles. The first-order valence-electron chi connectivity index (χ1n) is 5.27. The molecule has 0 amide bonds. The number of aliphatic hydroxyl groups excluding tert-OH is 2. The van der Waals surface area contributed by atoms with Crippen molar-refractivity contribution in [2.75, 3.05) is 6.61 Å². The molecule has 3 heteroatoms. The number of hydrogen-bond acceptors (Lipinski definition) is 3. The van der Waals surface area contributed by atoms with Crippen molar-refractivity contribution in [3.8, 4) is 0 Å². The molecule has 0 aromatic rings. The van der Waals surface area contributed by atoms with Crippen molar-refractivity contribution in [3.05, 3.63) is 0 Å². The van der Waals surface area contributed by atoms with Gasteiger partial charge in [-0.2, -0.15) is 0 Å². The third-order valence-corrected chi connectivity index (χ3v) is 3.88. The summed E-state index contributed by atoms with van der Waals surface area (Å²) in [6, 6.07) is -0.440. The summed E-state index contributed by atoms with van der Waals surface area (Å²) in [7, 11) is 0. The number of hydrogen-bond donors (Lipinski definition) is 3. The summed E-state index contributed by atoms with van der Waals surface area (Å²) in [5.74, 6) is 1.87. The molecule has 2 rings (SSSR count). The van der Waals surface area contributed by atoms with Crippen molar-refractivity contribution in [3.63, 3.8) is 0 Å². The van der Waals surface area contributed by atoms with E-state index in [1.807, 2.05) is 0 Å². The van der Waals surface area contributed by atoms with E-state index in [2.05, 4.69) is 0 Å². The van der Waals surface area contributed by atoms with Crippen LogP contribution in [-0.2, 0) is 0 Å². The zero-order valence-electron chi connectivity index (χ0n) is 7.89. The molecule has 2 fully saturated rings. The zero-order valence-corrected chi connectivity index (χ0v) is 7.89. The third-order valence-electron chi connectivity index (χ3n) is 3.88. The molecule has 0 aromatic heterocycles. The Morgan fingerprint density at radius 3 is 2.54 bits per heavy atom. The third kappa shape index (κ3) is 1.60. The van der Waals surface area contributed by atoms with Gasteiger partial charge in [-0.25, -0.2) is 0 Å². The maximum atomic E-state index is 9.85. The average Bonchev–Trinajstić information content (AvgIpc) is 2.76. The summed E-state index contributed by atoms with van der Waals surface area (Å²) >= 11 is 0. The molecule has 0 heterocycles. The molecule has 0 aliphatic heterocycles. The zero-order chi connectivity index (χ0) is 9.42. The van der Waals surface area contributed by atoms with Crippen LogP contribution in [0.5, 0.6) is 0 Å². The first-order valence-corrected chi connectivity index (χ1v) is 5.27. The first kappa shape index (κ1) is 9.44. The van der Waals surface area contributed by atoms with Crippen LogP contribution in [0.15, 0.2) is 0 Å². The van der Waals surface area contributed by atoms with E-state index >= 15 is 0 Å². The fraction of sp³-hybridized carbons (Fsp3) is 1.00. The Balaban J connectivity index is 1.94. The Kier molecular flexibility index (Phi) is 2.58. The van der Waals surface area contributed by atoms with Crippen molar-refractivity contribution in [2.24, 2.45) is 23.5 Å². The van der Waals surface area contributed by atoms with Gasteiger partial charge in [-0.1, -0.05) is 6.42 Å². The van der Waals surface area contributed by atoms with E-state index in [0.717, 1.165) is 12.3 Å². The minimum absolute atomic E-state index is 0.102. The van der Waals surface area contributed by atoms with Gasteiger partial charge in [-0.05, 0) is 37.0 Å². The second kappa shape index (κ2) is 3.56. The molecule has 13 heavy (non-hydrogen) atoms.